The Hall–Kier alpha value is 0.430. The van der Waals surface area contributed by atoms with Crippen LogP contribution in [0.25, 0.3) is 0 Å². The van der Waals surface area contributed by atoms with E-state index in [4.69, 9.17) is 0 Å². The molecular weight excluding hydrogens is 288 g/mol. The van der Waals surface area contributed by atoms with Crippen molar-refractivity contribution in [2.75, 3.05) is 11.1 Å². The zero-order valence-corrected chi connectivity index (χ0v) is 12.5. The summed E-state index contributed by atoms with van der Waals surface area (Å²) in [5, 5.41) is 0.770. The second kappa shape index (κ2) is 7.00. The molecule has 96 valence electrons. The molecule has 0 saturated heterocycles. The summed E-state index contributed by atoms with van der Waals surface area (Å²) in [6.07, 6.45) is 7.26. The monoisotopic (exact) mass is 310 g/mol. The molecule has 0 heterocycles. The fourth-order valence-corrected chi connectivity index (χ4v) is 5.62. The smallest absolute Gasteiger partial charge is 0.153 e. The third-order valence-corrected chi connectivity index (χ3v) is 6.78. The summed E-state index contributed by atoms with van der Waals surface area (Å²) in [4.78, 5) is 0. The molecule has 0 aromatic carbocycles. The van der Waals surface area contributed by atoms with Crippen molar-refractivity contribution in [3.8, 4) is 0 Å². The largest absolute Gasteiger partial charge is 0.229 e. The van der Waals surface area contributed by atoms with Crippen LogP contribution in [-0.2, 0) is 9.84 Å². The van der Waals surface area contributed by atoms with Crippen LogP contribution in [0.3, 0.4) is 0 Å². The number of sulfone groups is 1. The first-order valence-corrected chi connectivity index (χ1v) is 9.21. The lowest BCUT2D eigenvalue weighted by Gasteiger charge is -2.24. The lowest BCUT2D eigenvalue weighted by Crippen LogP contribution is -2.30. The minimum atomic E-state index is -2.85. The highest BCUT2D eigenvalue weighted by Crippen LogP contribution is 2.26. The molecule has 0 amide bonds. The van der Waals surface area contributed by atoms with Crippen molar-refractivity contribution in [3.05, 3.63) is 0 Å². The fraction of sp³-hybridized carbons (Fsp3) is 1.00. The number of rotatable bonds is 6. The summed E-state index contributed by atoms with van der Waals surface area (Å²) in [6, 6.07) is 0. The Morgan fingerprint density at radius 2 is 1.88 bits per heavy atom. The number of hydrogen-bond donors (Lipinski definition) is 0. The second-order valence-corrected chi connectivity index (χ2v) is 7.87. The summed E-state index contributed by atoms with van der Waals surface area (Å²) < 4.78 is 24.4. The van der Waals surface area contributed by atoms with Crippen molar-refractivity contribution in [2.45, 2.75) is 57.1 Å². The van der Waals surface area contributed by atoms with Gasteiger partial charge in [0.15, 0.2) is 9.84 Å². The molecular formula is C12H23BrO2S. The Labute approximate surface area is 108 Å². The minimum absolute atomic E-state index is 0.0420. The van der Waals surface area contributed by atoms with E-state index in [0.29, 0.717) is 11.7 Å². The van der Waals surface area contributed by atoms with Crippen molar-refractivity contribution in [1.82, 2.24) is 0 Å². The third-order valence-electron chi connectivity index (χ3n) is 3.44. The standard InChI is InChI=1S/C12H23BrO2S/c1-2-6-11(9-13)10-16(14,15)12-7-4-3-5-8-12/h11-12H,2-10H2,1H3. The van der Waals surface area contributed by atoms with Crippen LogP contribution in [0.5, 0.6) is 0 Å². The lowest BCUT2D eigenvalue weighted by molar-refractivity contribution is 0.475. The van der Waals surface area contributed by atoms with Crippen LogP contribution in [0.1, 0.15) is 51.9 Å². The van der Waals surface area contributed by atoms with Gasteiger partial charge in [-0.05, 0) is 25.2 Å². The zero-order chi connectivity index (χ0) is 12.0. The molecule has 0 N–H and O–H groups in total. The highest BCUT2D eigenvalue weighted by atomic mass is 79.9. The molecule has 1 saturated carbocycles. The van der Waals surface area contributed by atoms with Crippen LogP contribution >= 0.6 is 15.9 Å². The summed E-state index contributed by atoms with van der Waals surface area (Å²) in [7, 11) is -2.85. The predicted octanol–water partition coefficient (Wildman–Crippen LogP) is 3.55. The van der Waals surface area contributed by atoms with Crippen molar-refractivity contribution >= 4 is 25.8 Å². The predicted molar refractivity (Wildman–Crippen MR) is 72.9 cm³/mol. The van der Waals surface area contributed by atoms with E-state index >= 15 is 0 Å². The first-order valence-electron chi connectivity index (χ1n) is 6.37. The summed E-state index contributed by atoms with van der Waals surface area (Å²) in [6.45, 7) is 2.11. The Balaban J connectivity index is 2.54. The number of hydrogen-bond acceptors (Lipinski definition) is 2. The van der Waals surface area contributed by atoms with E-state index in [0.717, 1.165) is 43.9 Å². The van der Waals surface area contributed by atoms with Gasteiger partial charge in [0.05, 0.1) is 11.0 Å². The molecule has 0 radical (unpaired) electrons. The van der Waals surface area contributed by atoms with Crippen LogP contribution in [0.4, 0.5) is 0 Å². The van der Waals surface area contributed by atoms with Gasteiger partial charge in [0, 0.05) is 5.33 Å². The number of halogens is 1. The first-order chi connectivity index (χ1) is 7.60. The molecule has 1 unspecified atom stereocenters. The van der Waals surface area contributed by atoms with Gasteiger partial charge in [0.25, 0.3) is 0 Å². The lowest BCUT2D eigenvalue weighted by atomic mass is 10.0. The van der Waals surface area contributed by atoms with Gasteiger partial charge in [-0.2, -0.15) is 0 Å². The van der Waals surface area contributed by atoms with E-state index in [9.17, 15) is 8.42 Å². The topological polar surface area (TPSA) is 34.1 Å². The molecule has 0 spiro atoms. The summed E-state index contributed by atoms with van der Waals surface area (Å²) in [5.41, 5.74) is 0. The molecule has 1 rings (SSSR count). The molecule has 1 aliphatic carbocycles. The van der Waals surface area contributed by atoms with Gasteiger partial charge in [-0.3, -0.25) is 0 Å². The second-order valence-electron chi connectivity index (χ2n) is 4.90. The maximum atomic E-state index is 12.2. The minimum Gasteiger partial charge on any atom is -0.229 e. The van der Waals surface area contributed by atoms with Crippen molar-refractivity contribution < 1.29 is 8.42 Å². The Morgan fingerprint density at radius 3 is 2.38 bits per heavy atom. The van der Waals surface area contributed by atoms with Crippen molar-refractivity contribution in [1.29, 1.82) is 0 Å². The summed E-state index contributed by atoms with van der Waals surface area (Å²) >= 11 is 3.43. The van der Waals surface area contributed by atoms with Crippen LogP contribution < -0.4 is 0 Å². The average molecular weight is 311 g/mol. The highest BCUT2D eigenvalue weighted by molar-refractivity contribution is 9.09. The van der Waals surface area contributed by atoms with E-state index in [-0.39, 0.29) is 5.25 Å². The molecule has 0 bridgehead atoms. The van der Waals surface area contributed by atoms with Gasteiger partial charge < -0.3 is 0 Å². The molecule has 0 aromatic rings. The Kier molecular flexibility index (Phi) is 6.34. The average Bonchev–Trinajstić information content (AvgIpc) is 2.29. The molecule has 4 heteroatoms. The van der Waals surface area contributed by atoms with Gasteiger partial charge in [0.1, 0.15) is 0 Å². The Bertz CT molecular complexity index is 281. The van der Waals surface area contributed by atoms with Crippen molar-refractivity contribution in [2.24, 2.45) is 5.92 Å². The van der Waals surface area contributed by atoms with Gasteiger partial charge in [-0.25, -0.2) is 8.42 Å². The van der Waals surface area contributed by atoms with Gasteiger partial charge >= 0.3 is 0 Å². The van der Waals surface area contributed by atoms with Crippen LogP contribution in [0, 0.1) is 5.92 Å². The molecule has 0 aromatic heterocycles. The third kappa shape index (κ3) is 4.36. The van der Waals surface area contributed by atoms with Crippen LogP contribution in [-0.4, -0.2) is 24.8 Å². The van der Waals surface area contributed by atoms with E-state index < -0.39 is 9.84 Å². The van der Waals surface area contributed by atoms with Gasteiger partial charge in [0.2, 0.25) is 0 Å². The maximum Gasteiger partial charge on any atom is 0.153 e. The number of alkyl halides is 1. The molecule has 1 fully saturated rings. The normalized spacial score (nSPS) is 20.9. The van der Waals surface area contributed by atoms with Gasteiger partial charge in [-0.15, -0.1) is 0 Å². The quantitative estimate of drug-likeness (QED) is 0.703. The fourth-order valence-electron chi connectivity index (χ4n) is 2.50. The molecule has 1 atom stereocenters. The van der Waals surface area contributed by atoms with E-state index in [1.165, 1.54) is 6.42 Å². The zero-order valence-electron chi connectivity index (χ0n) is 10.1. The molecule has 2 nitrogen and oxygen atoms in total. The molecule has 16 heavy (non-hydrogen) atoms. The summed E-state index contributed by atoms with van der Waals surface area (Å²) in [5.74, 6) is 0.688. The first kappa shape index (κ1) is 14.5. The highest BCUT2D eigenvalue weighted by Gasteiger charge is 2.29. The SMILES string of the molecule is CCCC(CBr)CS(=O)(=O)C1CCCCC1. The van der Waals surface area contributed by atoms with E-state index in [2.05, 4.69) is 22.9 Å². The van der Waals surface area contributed by atoms with Crippen LogP contribution in [0.15, 0.2) is 0 Å². The molecule has 0 aliphatic heterocycles. The van der Waals surface area contributed by atoms with E-state index in [1.54, 1.807) is 0 Å². The van der Waals surface area contributed by atoms with Gasteiger partial charge in [-0.1, -0.05) is 48.5 Å². The van der Waals surface area contributed by atoms with Crippen molar-refractivity contribution in [3.63, 3.8) is 0 Å². The maximum absolute atomic E-state index is 12.2. The van der Waals surface area contributed by atoms with Crippen LogP contribution in [0.2, 0.25) is 0 Å². The Morgan fingerprint density at radius 1 is 1.25 bits per heavy atom. The van der Waals surface area contributed by atoms with E-state index in [1.807, 2.05) is 0 Å². The molecule has 1 aliphatic rings.